The lowest BCUT2D eigenvalue weighted by molar-refractivity contribution is 0.246. The summed E-state index contributed by atoms with van der Waals surface area (Å²) in [6, 6.07) is 34.0. The maximum absolute atomic E-state index is 10.5. The van der Waals surface area contributed by atoms with Crippen molar-refractivity contribution < 1.29 is 17.7 Å². The Morgan fingerprint density at radius 1 is 0.696 bits per heavy atom. The number of nitrogens with zero attached hydrogens (tertiary/aromatic N) is 2. The molecule has 0 fully saturated rings. The predicted octanol–water partition coefficient (Wildman–Crippen LogP) is 16.4. The van der Waals surface area contributed by atoms with Crippen molar-refractivity contribution in [2.75, 3.05) is 34.8 Å². The molecule has 3 aliphatic rings. The summed E-state index contributed by atoms with van der Waals surface area (Å²) in [5.74, 6) is 1.96. The maximum Gasteiger partial charge on any atom is 0.294 e. The molecule has 366 valence electrons. The second-order valence-corrected chi connectivity index (χ2v) is 22.1. The van der Waals surface area contributed by atoms with Crippen LogP contribution in [0.5, 0.6) is 0 Å². The summed E-state index contributed by atoms with van der Waals surface area (Å²) in [4.78, 5) is -0.0666. The van der Waals surface area contributed by atoms with Gasteiger partial charge in [0.15, 0.2) is 0 Å². The molecule has 0 saturated heterocycles. The summed E-state index contributed by atoms with van der Waals surface area (Å²) in [5, 5.41) is 5.57. The zero-order valence-corrected chi connectivity index (χ0v) is 43.7. The lowest BCUT2D eigenvalue weighted by Crippen LogP contribution is -2.47. The first kappa shape index (κ1) is 51.8. The van der Waals surface area contributed by atoms with E-state index in [4.69, 9.17) is 9.29 Å². The van der Waals surface area contributed by atoms with Gasteiger partial charge in [-0.15, -0.1) is 0 Å². The number of aryl methyl sites for hydroxylation is 1. The highest BCUT2D eigenvalue weighted by atomic mass is 32.2. The fourth-order valence-corrected chi connectivity index (χ4v) is 12.1. The minimum atomic E-state index is -4.02. The molecule has 7 heteroatoms. The van der Waals surface area contributed by atoms with Gasteiger partial charge in [0.05, 0.1) is 39.0 Å². The Balaban J connectivity index is 0.000000563. The second-order valence-electron chi connectivity index (χ2n) is 20.7. The molecule has 0 spiro atoms. The number of likely N-dealkylation sites (N-methyl/N-ethyl adjacent to an activating group) is 2. The van der Waals surface area contributed by atoms with Gasteiger partial charge in [0, 0.05) is 29.2 Å². The molecule has 0 bridgehead atoms. The number of rotatable bonds is 19. The van der Waals surface area contributed by atoms with Crippen molar-refractivity contribution in [3.8, 4) is 0 Å². The number of allylic oxidation sites excluding steroid dienone is 6. The molecule has 5 aromatic rings. The van der Waals surface area contributed by atoms with Crippen LogP contribution < -0.4 is 8.97 Å². The molecule has 2 heterocycles. The van der Waals surface area contributed by atoms with E-state index in [1.165, 1.54) is 139 Å². The van der Waals surface area contributed by atoms with Gasteiger partial charge in [-0.1, -0.05) is 163 Å². The van der Waals surface area contributed by atoms with E-state index in [1.54, 1.807) is 23.3 Å². The number of unbranched alkanes of at least 4 members (excludes halogenated alkanes) is 8. The highest BCUT2D eigenvalue weighted by Gasteiger charge is 2.47. The third kappa shape index (κ3) is 11.8. The summed E-state index contributed by atoms with van der Waals surface area (Å²) in [6.45, 7) is 11.0. The van der Waals surface area contributed by atoms with Gasteiger partial charge in [0.25, 0.3) is 10.1 Å². The van der Waals surface area contributed by atoms with Gasteiger partial charge in [-0.05, 0) is 114 Å². The third-order valence-electron chi connectivity index (χ3n) is 15.3. The molecule has 5 aromatic carbocycles. The molecule has 69 heavy (non-hydrogen) atoms. The molecular formula is C62H80N2O4S+2. The standard InChI is InChI=1S/C55H72N2O.C7H8O3S/c1-8-11-13-15-17-30-47-49(56(4,5)51-38-32-41-24-19-21-28-45(41)53(47)51)36-34-43-26-23-27-44(55(43)58-40-10-3)35-37-50-48(31-18-16-14-12-9-2)54-46-29-22-20-25-42(46)33-39-52(54)57(50,6)7;1-6-2-4-7(5-3-6)11(8,9)10/h10,19-22,24-25,28-29,32-39,47-49H,3,8-9,11-18,23,26-27,30-31,40H2,1-2,4-7H3;2-5H,1H3,(H,8,9,10)/q+2;. The fourth-order valence-electron chi connectivity index (χ4n) is 11.6. The summed E-state index contributed by atoms with van der Waals surface area (Å²) < 4.78 is 37.9. The highest BCUT2D eigenvalue weighted by molar-refractivity contribution is 7.85. The van der Waals surface area contributed by atoms with Crippen molar-refractivity contribution in [1.29, 1.82) is 0 Å². The van der Waals surface area contributed by atoms with Crippen molar-refractivity contribution in [3.63, 3.8) is 0 Å². The molecule has 0 aromatic heterocycles. The Morgan fingerprint density at radius 3 is 1.91 bits per heavy atom. The Hall–Kier alpha value is -5.05. The van der Waals surface area contributed by atoms with E-state index in [2.05, 4.69) is 146 Å². The predicted molar refractivity (Wildman–Crippen MR) is 295 cm³/mol. The van der Waals surface area contributed by atoms with Crippen LogP contribution in [0.2, 0.25) is 0 Å². The van der Waals surface area contributed by atoms with E-state index in [1.807, 2.05) is 13.0 Å². The lowest BCUT2D eigenvalue weighted by Gasteiger charge is -2.32. The quantitative estimate of drug-likeness (QED) is 0.0388. The van der Waals surface area contributed by atoms with Gasteiger partial charge in [0.1, 0.15) is 35.5 Å². The molecule has 0 amide bonds. The minimum absolute atomic E-state index is 0.0666. The van der Waals surface area contributed by atoms with Crippen LogP contribution in [0, 0.1) is 6.92 Å². The molecular weight excluding hydrogens is 869 g/mol. The summed E-state index contributed by atoms with van der Waals surface area (Å²) in [7, 11) is 5.65. The zero-order chi connectivity index (χ0) is 49.2. The average Bonchev–Trinajstić information content (AvgIpc) is 3.69. The van der Waals surface area contributed by atoms with Crippen molar-refractivity contribution >= 4 is 43.0 Å². The number of hydrogen-bond donors (Lipinski definition) is 1. The molecule has 6 nitrogen and oxygen atoms in total. The van der Waals surface area contributed by atoms with Crippen molar-refractivity contribution in [1.82, 2.24) is 8.97 Å². The average molecular weight is 949 g/mol. The van der Waals surface area contributed by atoms with Crippen LogP contribution in [-0.4, -0.2) is 53.8 Å². The Bertz CT molecular complexity index is 2810. The van der Waals surface area contributed by atoms with Crippen molar-refractivity contribution in [3.05, 3.63) is 173 Å². The number of ether oxygens (including phenoxy) is 1. The van der Waals surface area contributed by atoms with E-state index < -0.39 is 10.1 Å². The number of hydrogen-bond acceptors (Lipinski definition) is 3. The van der Waals surface area contributed by atoms with Crippen LogP contribution in [-0.2, 0) is 14.9 Å². The maximum atomic E-state index is 10.5. The summed E-state index contributed by atoms with van der Waals surface area (Å²) >= 11 is 0. The first-order chi connectivity index (χ1) is 33.2. The van der Waals surface area contributed by atoms with E-state index in [0.29, 0.717) is 24.5 Å². The summed E-state index contributed by atoms with van der Waals surface area (Å²) in [6.07, 6.45) is 30.6. The first-order valence-electron chi connectivity index (χ1n) is 26.0. The van der Waals surface area contributed by atoms with Gasteiger partial charge >= 0.3 is 0 Å². The van der Waals surface area contributed by atoms with Crippen LogP contribution in [0.3, 0.4) is 0 Å². The minimum Gasteiger partial charge on any atom is -0.489 e. The van der Waals surface area contributed by atoms with Crippen LogP contribution in [0.1, 0.15) is 139 Å². The van der Waals surface area contributed by atoms with Crippen LogP contribution in [0.15, 0.2) is 162 Å². The molecule has 3 atom stereocenters. The van der Waals surface area contributed by atoms with E-state index >= 15 is 0 Å². The molecule has 0 radical (unpaired) electrons. The lowest BCUT2D eigenvalue weighted by atomic mass is 9.85. The second kappa shape index (κ2) is 23.2. The fraction of sp³-hybridized carbons (Fsp3) is 0.419. The van der Waals surface area contributed by atoms with Gasteiger partial charge in [-0.25, -0.2) is 0 Å². The summed E-state index contributed by atoms with van der Waals surface area (Å²) in [5.41, 5.74) is 11.2. The molecule has 1 aliphatic carbocycles. The molecule has 2 aliphatic heterocycles. The SMILES string of the molecule is C=CCOC1=C(C=CC2C(CCCCCCC)c3c(ccc4ccccc34)[N+]2(C)C)CCCC1=CC=C1C(CCCCCCC)c2c(ccc3ccccc23)[N+]1(C)C.Cc1ccc(S(=O)(=O)O)cc1. The topological polar surface area (TPSA) is 63.6 Å². The number of benzene rings is 5. The Labute approximate surface area is 415 Å². The first-order valence-corrected chi connectivity index (χ1v) is 27.5. The Kier molecular flexibility index (Phi) is 17.4. The zero-order valence-electron chi connectivity index (χ0n) is 42.9. The van der Waals surface area contributed by atoms with Gasteiger partial charge in [0.2, 0.25) is 0 Å². The highest BCUT2D eigenvalue weighted by Crippen LogP contribution is 2.53. The molecule has 3 unspecified atom stereocenters. The van der Waals surface area contributed by atoms with E-state index in [9.17, 15) is 8.42 Å². The van der Waals surface area contributed by atoms with Crippen molar-refractivity contribution in [2.24, 2.45) is 0 Å². The monoisotopic (exact) mass is 949 g/mol. The van der Waals surface area contributed by atoms with Gasteiger partial charge in [-0.3, -0.25) is 13.5 Å². The van der Waals surface area contributed by atoms with Crippen LogP contribution in [0.4, 0.5) is 11.4 Å². The van der Waals surface area contributed by atoms with Crippen LogP contribution >= 0.6 is 0 Å². The largest absolute Gasteiger partial charge is 0.489 e. The van der Waals surface area contributed by atoms with E-state index in [0.717, 1.165) is 39.6 Å². The Morgan fingerprint density at radius 2 is 1.29 bits per heavy atom. The number of fused-ring (bicyclic) bond motifs is 6. The van der Waals surface area contributed by atoms with Gasteiger partial charge < -0.3 is 4.74 Å². The third-order valence-corrected chi connectivity index (χ3v) is 16.2. The van der Waals surface area contributed by atoms with Gasteiger partial charge in [-0.2, -0.15) is 8.42 Å². The number of quaternary nitrogens is 2. The molecule has 0 saturated carbocycles. The van der Waals surface area contributed by atoms with Crippen LogP contribution in [0.25, 0.3) is 21.5 Å². The van der Waals surface area contributed by atoms with Crippen molar-refractivity contribution in [2.45, 2.75) is 140 Å². The molecule has 8 rings (SSSR count). The molecule has 1 N–H and O–H groups in total. The normalized spacial score (nSPS) is 20.7. The van der Waals surface area contributed by atoms with E-state index in [-0.39, 0.29) is 4.90 Å². The smallest absolute Gasteiger partial charge is 0.294 e.